The summed E-state index contributed by atoms with van der Waals surface area (Å²) in [4.78, 5) is 16.1. The van der Waals surface area contributed by atoms with Crippen LogP contribution in [0.25, 0.3) is 0 Å². The smallest absolute Gasteiger partial charge is 0.317 e. The van der Waals surface area contributed by atoms with Crippen LogP contribution in [0.3, 0.4) is 0 Å². The van der Waals surface area contributed by atoms with Gasteiger partial charge in [0.15, 0.2) is 11.5 Å². The molecule has 0 unspecified atom stereocenters. The van der Waals surface area contributed by atoms with E-state index < -0.39 is 0 Å². The number of rotatable bonds is 6. The van der Waals surface area contributed by atoms with Crippen LogP contribution >= 0.6 is 0 Å². The van der Waals surface area contributed by atoms with E-state index in [4.69, 9.17) is 14.2 Å². The lowest BCUT2D eigenvalue weighted by Crippen LogP contribution is -2.51. The number of ether oxygens (including phenoxy) is 3. The van der Waals surface area contributed by atoms with E-state index in [0.717, 1.165) is 26.2 Å². The average Bonchev–Trinajstić information content (AvgIpc) is 2.58. The van der Waals surface area contributed by atoms with E-state index in [1.165, 1.54) is 0 Å². The zero-order chi connectivity index (χ0) is 16.7. The molecule has 1 aromatic rings. The summed E-state index contributed by atoms with van der Waals surface area (Å²) in [5, 5.41) is 2.87. The lowest BCUT2D eigenvalue weighted by Gasteiger charge is -2.32. The SMILES string of the molecule is COc1cccc(OCCNC(=O)N2CCN(C)CC2)c1OC. The normalized spacial score (nSPS) is 15.2. The van der Waals surface area contributed by atoms with Gasteiger partial charge in [-0.1, -0.05) is 6.07 Å². The van der Waals surface area contributed by atoms with Crippen LogP contribution in [0, 0.1) is 0 Å². The molecular weight excluding hydrogens is 298 g/mol. The second-order valence-electron chi connectivity index (χ2n) is 5.36. The minimum atomic E-state index is -0.0423. The van der Waals surface area contributed by atoms with Crippen molar-refractivity contribution in [2.75, 3.05) is 60.6 Å². The van der Waals surface area contributed by atoms with Crippen molar-refractivity contribution in [2.45, 2.75) is 0 Å². The van der Waals surface area contributed by atoms with Gasteiger partial charge >= 0.3 is 6.03 Å². The zero-order valence-corrected chi connectivity index (χ0v) is 14.0. The number of methoxy groups -OCH3 is 2. The van der Waals surface area contributed by atoms with Crippen molar-refractivity contribution in [3.8, 4) is 17.2 Å². The molecule has 1 fully saturated rings. The van der Waals surface area contributed by atoms with E-state index in [-0.39, 0.29) is 6.03 Å². The Morgan fingerprint density at radius 3 is 2.48 bits per heavy atom. The van der Waals surface area contributed by atoms with Gasteiger partial charge in [-0.25, -0.2) is 4.79 Å². The second kappa shape index (κ2) is 8.47. The topological polar surface area (TPSA) is 63.3 Å². The van der Waals surface area contributed by atoms with Gasteiger partial charge in [0, 0.05) is 26.2 Å². The van der Waals surface area contributed by atoms with Crippen LogP contribution in [0.15, 0.2) is 18.2 Å². The summed E-state index contributed by atoms with van der Waals surface area (Å²) in [6, 6.07) is 5.41. The molecule has 1 aliphatic rings. The number of amides is 2. The van der Waals surface area contributed by atoms with E-state index in [2.05, 4.69) is 17.3 Å². The summed E-state index contributed by atoms with van der Waals surface area (Å²) in [6.45, 7) is 4.13. The summed E-state index contributed by atoms with van der Waals surface area (Å²) >= 11 is 0. The largest absolute Gasteiger partial charge is 0.493 e. The number of benzene rings is 1. The fraction of sp³-hybridized carbons (Fsp3) is 0.562. The molecule has 0 aromatic heterocycles. The van der Waals surface area contributed by atoms with Gasteiger partial charge in [0.25, 0.3) is 0 Å². The van der Waals surface area contributed by atoms with Gasteiger partial charge in [-0.15, -0.1) is 0 Å². The highest BCUT2D eigenvalue weighted by molar-refractivity contribution is 5.74. The molecule has 1 aliphatic heterocycles. The van der Waals surface area contributed by atoms with Gasteiger partial charge in [0.2, 0.25) is 5.75 Å². The maximum Gasteiger partial charge on any atom is 0.317 e. The number of likely N-dealkylation sites (N-methyl/N-ethyl adjacent to an activating group) is 1. The predicted molar refractivity (Wildman–Crippen MR) is 87.5 cm³/mol. The Labute approximate surface area is 137 Å². The molecule has 7 nitrogen and oxygen atoms in total. The van der Waals surface area contributed by atoms with Crippen molar-refractivity contribution in [1.82, 2.24) is 15.1 Å². The number of urea groups is 1. The van der Waals surface area contributed by atoms with Crippen LogP contribution in [-0.4, -0.2) is 76.4 Å². The van der Waals surface area contributed by atoms with Gasteiger partial charge < -0.3 is 29.3 Å². The van der Waals surface area contributed by atoms with E-state index in [1.807, 2.05) is 17.0 Å². The molecule has 0 bridgehead atoms. The Morgan fingerprint density at radius 1 is 1.13 bits per heavy atom. The molecule has 0 spiro atoms. The number of carbonyl (C=O) groups excluding carboxylic acids is 1. The molecule has 0 radical (unpaired) electrons. The molecule has 0 aliphatic carbocycles. The number of nitrogens with zero attached hydrogens (tertiary/aromatic N) is 2. The van der Waals surface area contributed by atoms with Crippen molar-refractivity contribution in [2.24, 2.45) is 0 Å². The molecule has 7 heteroatoms. The Hall–Kier alpha value is -2.15. The maximum absolute atomic E-state index is 12.0. The molecule has 1 N–H and O–H groups in total. The van der Waals surface area contributed by atoms with Crippen LogP contribution in [0.5, 0.6) is 17.2 Å². The van der Waals surface area contributed by atoms with Crippen molar-refractivity contribution >= 4 is 6.03 Å². The number of piperazine rings is 1. The third kappa shape index (κ3) is 4.66. The van der Waals surface area contributed by atoms with Gasteiger partial charge in [0.1, 0.15) is 6.61 Å². The second-order valence-corrected chi connectivity index (χ2v) is 5.36. The molecule has 128 valence electrons. The van der Waals surface area contributed by atoms with Crippen LogP contribution in [0.4, 0.5) is 4.79 Å². The summed E-state index contributed by atoms with van der Waals surface area (Å²) in [6.07, 6.45) is 0. The lowest BCUT2D eigenvalue weighted by molar-refractivity contribution is 0.153. The first-order valence-electron chi connectivity index (χ1n) is 7.70. The monoisotopic (exact) mass is 323 g/mol. The van der Waals surface area contributed by atoms with E-state index in [1.54, 1.807) is 20.3 Å². The molecule has 1 saturated heterocycles. The summed E-state index contributed by atoms with van der Waals surface area (Å²) < 4.78 is 16.2. The van der Waals surface area contributed by atoms with E-state index >= 15 is 0 Å². The number of nitrogens with one attached hydrogen (secondary N) is 1. The maximum atomic E-state index is 12.0. The third-order valence-electron chi connectivity index (χ3n) is 3.79. The third-order valence-corrected chi connectivity index (χ3v) is 3.79. The molecule has 2 rings (SSSR count). The van der Waals surface area contributed by atoms with Gasteiger partial charge in [-0.05, 0) is 19.2 Å². The molecule has 0 atom stereocenters. The first-order chi connectivity index (χ1) is 11.2. The van der Waals surface area contributed by atoms with Crippen molar-refractivity contribution < 1.29 is 19.0 Å². The van der Waals surface area contributed by atoms with Crippen LogP contribution in [-0.2, 0) is 0 Å². The highest BCUT2D eigenvalue weighted by Crippen LogP contribution is 2.36. The average molecular weight is 323 g/mol. The molecular formula is C16H25N3O4. The summed E-state index contributed by atoms with van der Waals surface area (Å²) in [7, 11) is 5.21. The van der Waals surface area contributed by atoms with Gasteiger partial charge in [0.05, 0.1) is 20.8 Å². The molecule has 1 aromatic carbocycles. The minimum absolute atomic E-state index is 0.0423. The van der Waals surface area contributed by atoms with Crippen LogP contribution in [0.1, 0.15) is 0 Å². The van der Waals surface area contributed by atoms with Gasteiger partial charge in [-0.3, -0.25) is 0 Å². The molecule has 0 saturated carbocycles. The van der Waals surface area contributed by atoms with Crippen molar-refractivity contribution in [3.63, 3.8) is 0 Å². The molecule has 23 heavy (non-hydrogen) atoms. The number of hydrogen-bond acceptors (Lipinski definition) is 5. The highest BCUT2D eigenvalue weighted by atomic mass is 16.5. The van der Waals surface area contributed by atoms with Crippen LogP contribution < -0.4 is 19.5 Å². The first-order valence-corrected chi connectivity index (χ1v) is 7.70. The highest BCUT2D eigenvalue weighted by Gasteiger charge is 2.18. The van der Waals surface area contributed by atoms with Crippen molar-refractivity contribution in [1.29, 1.82) is 0 Å². The Balaban J connectivity index is 1.76. The fourth-order valence-electron chi connectivity index (χ4n) is 2.41. The molecule has 2 amide bonds. The Bertz CT molecular complexity index is 516. The number of para-hydroxylation sites is 1. The summed E-state index contributed by atoms with van der Waals surface area (Å²) in [5.74, 6) is 1.77. The Kier molecular flexibility index (Phi) is 6.34. The number of hydrogen-bond donors (Lipinski definition) is 1. The summed E-state index contributed by atoms with van der Waals surface area (Å²) in [5.41, 5.74) is 0. The Morgan fingerprint density at radius 2 is 1.83 bits per heavy atom. The van der Waals surface area contributed by atoms with Crippen molar-refractivity contribution in [3.05, 3.63) is 18.2 Å². The minimum Gasteiger partial charge on any atom is -0.493 e. The van der Waals surface area contributed by atoms with Crippen LogP contribution in [0.2, 0.25) is 0 Å². The standard InChI is InChI=1S/C16H25N3O4/c1-18-8-10-19(11-9-18)16(20)17-7-12-23-14-6-4-5-13(21-2)15(14)22-3/h4-6H,7-12H2,1-3H3,(H,17,20). The fourth-order valence-corrected chi connectivity index (χ4v) is 2.41. The quantitative estimate of drug-likeness (QED) is 0.793. The first kappa shape index (κ1) is 17.2. The van der Waals surface area contributed by atoms with E-state index in [0.29, 0.717) is 30.4 Å². The molecule has 1 heterocycles. The van der Waals surface area contributed by atoms with Gasteiger partial charge in [-0.2, -0.15) is 0 Å². The predicted octanol–water partition coefficient (Wildman–Crippen LogP) is 1.04. The lowest BCUT2D eigenvalue weighted by atomic mass is 10.3. The zero-order valence-electron chi connectivity index (χ0n) is 14.0. The van der Waals surface area contributed by atoms with E-state index in [9.17, 15) is 4.79 Å². The number of carbonyl (C=O) groups is 1.